The molecule has 3 nitrogen and oxygen atoms in total. The van der Waals surface area contributed by atoms with E-state index in [1.807, 2.05) is 0 Å². The highest BCUT2D eigenvalue weighted by atomic mass is 28.2. The van der Waals surface area contributed by atoms with Crippen molar-refractivity contribution in [3.63, 3.8) is 0 Å². The monoisotopic (exact) mass is 230 g/mol. The molecule has 1 heterocycles. The summed E-state index contributed by atoms with van der Waals surface area (Å²) in [6.45, 7) is 10.1. The molecule has 0 bridgehead atoms. The fourth-order valence-electron chi connectivity index (χ4n) is 1.99. The molecule has 0 N–H and O–H groups in total. The molecule has 0 spiro atoms. The van der Waals surface area contributed by atoms with E-state index in [9.17, 15) is 0 Å². The molecule has 1 fully saturated rings. The van der Waals surface area contributed by atoms with Crippen molar-refractivity contribution in [2.45, 2.75) is 52.8 Å². The fourth-order valence-corrected chi connectivity index (χ4v) is 4.01. The van der Waals surface area contributed by atoms with Gasteiger partial charge in [0.1, 0.15) is 0 Å². The predicted molar refractivity (Wildman–Crippen MR) is 67.2 cm³/mol. The number of nitrogens with zero attached hydrogens (tertiary/aromatic N) is 2. The number of ether oxygens (including phenoxy) is 1. The fraction of sp³-hybridized carbons (Fsp3) is 1.00. The summed E-state index contributed by atoms with van der Waals surface area (Å²) in [5, 5.41) is 0. The van der Waals surface area contributed by atoms with Crippen LogP contribution in [-0.2, 0) is 4.74 Å². The van der Waals surface area contributed by atoms with Gasteiger partial charge in [-0.3, -0.25) is 9.13 Å². The van der Waals surface area contributed by atoms with E-state index in [-0.39, 0.29) is 9.84 Å². The first-order valence-electron chi connectivity index (χ1n) is 6.43. The van der Waals surface area contributed by atoms with Gasteiger partial charge >= 0.3 is 0 Å². The van der Waals surface area contributed by atoms with Crippen LogP contribution in [0.25, 0.3) is 0 Å². The molecule has 15 heavy (non-hydrogen) atoms. The van der Waals surface area contributed by atoms with Crippen molar-refractivity contribution >= 4 is 9.84 Å². The van der Waals surface area contributed by atoms with E-state index in [0.29, 0.717) is 6.35 Å². The van der Waals surface area contributed by atoms with Crippen molar-refractivity contribution < 1.29 is 4.74 Å². The minimum absolute atomic E-state index is 0.129. The van der Waals surface area contributed by atoms with Gasteiger partial charge in [0.25, 0.3) is 0 Å². The summed E-state index contributed by atoms with van der Waals surface area (Å²) < 4.78 is 11.1. The smallest absolute Gasteiger partial charge is 0.179 e. The maximum atomic E-state index is 5.94. The largest absolute Gasteiger partial charge is 0.351 e. The maximum absolute atomic E-state index is 5.94. The van der Waals surface area contributed by atoms with Gasteiger partial charge in [0.05, 0.1) is 6.61 Å². The van der Waals surface area contributed by atoms with Crippen molar-refractivity contribution in [1.82, 2.24) is 9.13 Å². The van der Waals surface area contributed by atoms with Crippen LogP contribution in [-0.4, -0.2) is 45.0 Å². The van der Waals surface area contributed by atoms with Crippen molar-refractivity contribution in [3.8, 4) is 0 Å². The Hall–Kier alpha value is 0.0969. The SMILES string of the molecule is CCCCOC1N(CCC)[SiH2]N1CCC. The van der Waals surface area contributed by atoms with Gasteiger partial charge in [-0.2, -0.15) is 0 Å². The molecule has 90 valence electrons. The van der Waals surface area contributed by atoms with Crippen LogP contribution < -0.4 is 0 Å². The van der Waals surface area contributed by atoms with E-state index in [4.69, 9.17) is 4.74 Å². The average molecular weight is 230 g/mol. The lowest BCUT2D eigenvalue weighted by Gasteiger charge is -2.50. The van der Waals surface area contributed by atoms with Crippen LogP contribution in [0.2, 0.25) is 0 Å². The lowest BCUT2D eigenvalue weighted by atomic mass is 10.4. The number of unbranched alkanes of at least 4 members (excludes halogenated alkanes) is 1. The zero-order chi connectivity index (χ0) is 11.1. The summed E-state index contributed by atoms with van der Waals surface area (Å²) in [4.78, 5) is 0. The van der Waals surface area contributed by atoms with E-state index < -0.39 is 0 Å². The van der Waals surface area contributed by atoms with E-state index in [1.165, 1.54) is 38.8 Å². The van der Waals surface area contributed by atoms with E-state index in [0.717, 1.165) is 6.61 Å². The topological polar surface area (TPSA) is 15.7 Å². The Kier molecular flexibility index (Phi) is 6.48. The maximum Gasteiger partial charge on any atom is 0.179 e. The van der Waals surface area contributed by atoms with Gasteiger partial charge in [-0.1, -0.05) is 27.2 Å². The number of hydrogen-bond donors (Lipinski definition) is 0. The summed E-state index contributed by atoms with van der Waals surface area (Å²) in [5.41, 5.74) is 0. The molecule has 4 heteroatoms. The van der Waals surface area contributed by atoms with Gasteiger partial charge in [-0.15, -0.1) is 0 Å². The second kappa shape index (κ2) is 7.38. The standard InChI is InChI=1S/C11H26N2OSi/c1-4-7-10-14-11-12(8-5-2)15-13(11)9-6-3/h11H,4-10,15H2,1-3H3. The molecule has 1 aliphatic rings. The molecule has 0 atom stereocenters. The molecule has 0 amide bonds. The highest BCUT2D eigenvalue weighted by Crippen LogP contribution is 2.18. The minimum atomic E-state index is -0.129. The van der Waals surface area contributed by atoms with Gasteiger partial charge < -0.3 is 4.74 Å². The van der Waals surface area contributed by atoms with Crippen molar-refractivity contribution in [2.24, 2.45) is 0 Å². The Morgan fingerprint density at radius 1 is 1.00 bits per heavy atom. The highest BCUT2D eigenvalue weighted by molar-refractivity contribution is 6.31. The molecule has 0 saturated carbocycles. The summed E-state index contributed by atoms with van der Waals surface area (Å²) >= 11 is 0. The zero-order valence-corrected chi connectivity index (χ0v) is 12.0. The van der Waals surface area contributed by atoms with Crippen molar-refractivity contribution in [3.05, 3.63) is 0 Å². The third-order valence-electron chi connectivity index (χ3n) is 2.77. The molecule has 0 aromatic heterocycles. The van der Waals surface area contributed by atoms with E-state index in [1.54, 1.807) is 0 Å². The molecule has 0 aromatic carbocycles. The van der Waals surface area contributed by atoms with Crippen molar-refractivity contribution in [1.29, 1.82) is 0 Å². The number of rotatable bonds is 8. The molecular weight excluding hydrogens is 204 g/mol. The van der Waals surface area contributed by atoms with Crippen LogP contribution in [0.1, 0.15) is 46.5 Å². The van der Waals surface area contributed by atoms with Crippen LogP contribution >= 0.6 is 0 Å². The third-order valence-corrected chi connectivity index (χ3v) is 4.76. The van der Waals surface area contributed by atoms with E-state index in [2.05, 4.69) is 29.9 Å². The van der Waals surface area contributed by atoms with Crippen LogP contribution in [0.4, 0.5) is 0 Å². The normalized spacial score (nSPS) is 24.6. The summed E-state index contributed by atoms with van der Waals surface area (Å²) in [6, 6.07) is 0. The number of hydrogen-bond acceptors (Lipinski definition) is 3. The highest BCUT2D eigenvalue weighted by Gasteiger charge is 2.35. The Morgan fingerprint density at radius 3 is 2.07 bits per heavy atom. The Bertz CT molecular complexity index is 157. The first-order chi connectivity index (χ1) is 7.33. The first kappa shape index (κ1) is 13.2. The Labute approximate surface area is 96.8 Å². The molecule has 1 aliphatic heterocycles. The molecule has 0 unspecified atom stereocenters. The van der Waals surface area contributed by atoms with Gasteiger partial charge in [0.2, 0.25) is 0 Å². The second-order valence-corrected chi connectivity index (χ2v) is 6.22. The summed E-state index contributed by atoms with van der Waals surface area (Å²) in [5.74, 6) is 0. The lowest BCUT2D eigenvalue weighted by molar-refractivity contribution is -0.134. The summed E-state index contributed by atoms with van der Waals surface area (Å²) in [6.07, 6.45) is 5.26. The lowest BCUT2D eigenvalue weighted by Crippen LogP contribution is -2.67. The zero-order valence-electron chi connectivity index (χ0n) is 10.5. The third kappa shape index (κ3) is 3.87. The van der Waals surface area contributed by atoms with Gasteiger partial charge in [0.15, 0.2) is 16.2 Å². The molecule has 1 saturated heterocycles. The van der Waals surface area contributed by atoms with Gasteiger partial charge in [-0.05, 0) is 32.4 Å². The molecule has 0 radical (unpaired) electrons. The Balaban J connectivity index is 2.24. The van der Waals surface area contributed by atoms with E-state index >= 15 is 0 Å². The van der Waals surface area contributed by atoms with Crippen LogP contribution in [0.3, 0.4) is 0 Å². The molecule has 0 aliphatic carbocycles. The quantitative estimate of drug-likeness (QED) is 0.464. The van der Waals surface area contributed by atoms with Crippen LogP contribution in [0.15, 0.2) is 0 Å². The predicted octanol–water partition coefficient (Wildman–Crippen LogP) is 1.52. The molecule has 1 rings (SSSR count). The van der Waals surface area contributed by atoms with Gasteiger partial charge in [-0.25, -0.2) is 0 Å². The van der Waals surface area contributed by atoms with Crippen LogP contribution in [0.5, 0.6) is 0 Å². The Morgan fingerprint density at radius 2 is 1.60 bits per heavy atom. The first-order valence-corrected chi connectivity index (χ1v) is 7.69. The second-order valence-electron chi connectivity index (χ2n) is 4.32. The average Bonchev–Trinajstić information content (AvgIpc) is 2.23. The molecular formula is C11H26N2OSi. The minimum Gasteiger partial charge on any atom is -0.351 e. The molecule has 0 aromatic rings. The van der Waals surface area contributed by atoms with Gasteiger partial charge in [0, 0.05) is 0 Å². The van der Waals surface area contributed by atoms with Crippen molar-refractivity contribution in [2.75, 3.05) is 19.7 Å². The summed E-state index contributed by atoms with van der Waals surface area (Å²) in [7, 11) is -0.129. The van der Waals surface area contributed by atoms with Crippen LogP contribution in [0, 0.1) is 0 Å².